The van der Waals surface area contributed by atoms with Crippen LogP contribution in [0.15, 0.2) is 30.3 Å². The lowest BCUT2D eigenvalue weighted by Gasteiger charge is -2.21. The zero-order chi connectivity index (χ0) is 11.4. The summed E-state index contributed by atoms with van der Waals surface area (Å²) in [7, 11) is 0. The van der Waals surface area contributed by atoms with Gasteiger partial charge in [-0.1, -0.05) is 37.3 Å². The van der Waals surface area contributed by atoms with Crippen molar-refractivity contribution in [2.75, 3.05) is 0 Å². The lowest BCUT2D eigenvalue weighted by atomic mass is 9.92. The number of rotatable bonds is 4. The third-order valence-corrected chi connectivity index (χ3v) is 2.41. The molecule has 0 amide bonds. The summed E-state index contributed by atoms with van der Waals surface area (Å²) >= 11 is 0. The zero-order valence-corrected chi connectivity index (χ0v) is 8.37. The van der Waals surface area contributed by atoms with Crippen LogP contribution in [0.1, 0.15) is 18.4 Å². The Morgan fingerprint density at radius 2 is 1.73 bits per heavy atom. The minimum atomic E-state index is -1.75. The van der Waals surface area contributed by atoms with E-state index in [0.717, 1.165) is 5.56 Å². The molecule has 0 aliphatic carbocycles. The van der Waals surface area contributed by atoms with Crippen molar-refractivity contribution >= 4 is 5.97 Å². The van der Waals surface area contributed by atoms with E-state index in [0.29, 0.717) is 0 Å². The summed E-state index contributed by atoms with van der Waals surface area (Å²) in [6, 6.07) is 8.98. The number of aliphatic hydroxyl groups is 2. The fourth-order valence-corrected chi connectivity index (χ4v) is 1.37. The van der Waals surface area contributed by atoms with E-state index in [1.165, 1.54) is 0 Å². The van der Waals surface area contributed by atoms with Crippen molar-refractivity contribution in [2.45, 2.75) is 25.0 Å². The molecule has 0 aliphatic rings. The standard InChI is InChI=1S/C11H14O4/c1-7(8-5-3-2-4-6-8)9(12)10(13)11(14)15/h2-7,9-10,12-13H,1H3,(H,14,15)/t7?,9-,10+/m1/s1. The van der Waals surface area contributed by atoms with E-state index in [-0.39, 0.29) is 0 Å². The van der Waals surface area contributed by atoms with Gasteiger partial charge in [-0.05, 0) is 5.56 Å². The second-order valence-corrected chi connectivity index (χ2v) is 3.47. The van der Waals surface area contributed by atoms with Gasteiger partial charge in [-0.25, -0.2) is 4.79 Å². The number of carboxylic acids is 1. The Labute approximate surface area is 87.8 Å². The molecule has 0 aliphatic heterocycles. The third kappa shape index (κ3) is 2.78. The van der Waals surface area contributed by atoms with Gasteiger partial charge in [-0.3, -0.25) is 0 Å². The molecular weight excluding hydrogens is 196 g/mol. The first-order valence-corrected chi connectivity index (χ1v) is 4.68. The Hall–Kier alpha value is -1.39. The van der Waals surface area contributed by atoms with Crippen LogP contribution in [-0.4, -0.2) is 33.5 Å². The molecule has 1 aromatic rings. The number of aliphatic carboxylic acids is 1. The molecule has 82 valence electrons. The molecule has 1 unspecified atom stereocenters. The van der Waals surface area contributed by atoms with Gasteiger partial charge in [0.2, 0.25) is 0 Å². The minimum Gasteiger partial charge on any atom is -0.479 e. The lowest BCUT2D eigenvalue weighted by Crippen LogP contribution is -2.37. The van der Waals surface area contributed by atoms with Gasteiger partial charge in [0.15, 0.2) is 6.10 Å². The molecule has 0 heterocycles. The van der Waals surface area contributed by atoms with Crippen LogP contribution in [0.2, 0.25) is 0 Å². The summed E-state index contributed by atoms with van der Waals surface area (Å²) in [5, 5.41) is 27.3. The number of aliphatic hydroxyl groups excluding tert-OH is 2. The number of hydrogen-bond acceptors (Lipinski definition) is 3. The van der Waals surface area contributed by atoms with Crippen LogP contribution >= 0.6 is 0 Å². The maximum atomic E-state index is 10.5. The largest absolute Gasteiger partial charge is 0.479 e. The smallest absolute Gasteiger partial charge is 0.335 e. The van der Waals surface area contributed by atoms with Crippen LogP contribution in [0.3, 0.4) is 0 Å². The number of carboxylic acid groups (broad SMARTS) is 1. The van der Waals surface area contributed by atoms with Gasteiger partial charge in [-0.2, -0.15) is 0 Å². The van der Waals surface area contributed by atoms with Gasteiger partial charge < -0.3 is 15.3 Å². The summed E-state index contributed by atoms with van der Waals surface area (Å²) in [6.45, 7) is 1.67. The Morgan fingerprint density at radius 1 is 1.20 bits per heavy atom. The second-order valence-electron chi connectivity index (χ2n) is 3.47. The Balaban J connectivity index is 2.77. The molecule has 15 heavy (non-hydrogen) atoms. The molecule has 0 spiro atoms. The summed E-state index contributed by atoms with van der Waals surface area (Å²) in [5.41, 5.74) is 0.797. The fraction of sp³-hybridized carbons (Fsp3) is 0.364. The predicted octanol–water partition coefficient (Wildman–Crippen LogP) is 0.596. The van der Waals surface area contributed by atoms with E-state index in [2.05, 4.69) is 0 Å². The van der Waals surface area contributed by atoms with Crippen molar-refractivity contribution in [3.05, 3.63) is 35.9 Å². The van der Waals surface area contributed by atoms with Crippen LogP contribution in [-0.2, 0) is 4.79 Å². The molecule has 4 nitrogen and oxygen atoms in total. The van der Waals surface area contributed by atoms with Crippen LogP contribution in [0.25, 0.3) is 0 Å². The SMILES string of the molecule is CC(c1ccccc1)[C@@H](O)[C@H](O)C(=O)O. The monoisotopic (exact) mass is 210 g/mol. The van der Waals surface area contributed by atoms with Crippen molar-refractivity contribution in [1.29, 1.82) is 0 Å². The number of benzene rings is 1. The molecule has 1 aromatic carbocycles. The molecule has 1 rings (SSSR count). The molecule has 0 radical (unpaired) electrons. The van der Waals surface area contributed by atoms with Crippen molar-refractivity contribution in [1.82, 2.24) is 0 Å². The summed E-state index contributed by atoms with van der Waals surface area (Å²) < 4.78 is 0. The van der Waals surface area contributed by atoms with Gasteiger partial charge >= 0.3 is 5.97 Å². The van der Waals surface area contributed by atoms with Gasteiger partial charge in [0.25, 0.3) is 0 Å². The molecule has 0 aromatic heterocycles. The van der Waals surface area contributed by atoms with Gasteiger partial charge in [0.05, 0.1) is 6.10 Å². The third-order valence-electron chi connectivity index (χ3n) is 2.41. The topological polar surface area (TPSA) is 77.8 Å². The Bertz CT molecular complexity index is 323. The van der Waals surface area contributed by atoms with Crippen LogP contribution in [0.4, 0.5) is 0 Å². The average molecular weight is 210 g/mol. The van der Waals surface area contributed by atoms with Crippen molar-refractivity contribution in [3.63, 3.8) is 0 Å². The average Bonchev–Trinajstić information content (AvgIpc) is 2.27. The second kappa shape index (κ2) is 4.91. The number of hydrogen-bond donors (Lipinski definition) is 3. The molecule has 0 saturated heterocycles. The summed E-state index contributed by atoms with van der Waals surface area (Å²) in [4.78, 5) is 10.5. The van der Waals surface area contributed by atoms with Gasteiger partial charge in [0.1, 0.15) is 0 Å². The highest BCUT2D eigenvalue weighted by Gasteiger charge is 2.29. The molecular formula is C11H14O4. The van der Waals surface area contributed by atoms with Crippen LogP contribution < -0.4 is 0 Å². The first-order chi connectivity index (χ1) is 7.04. The minimum absolute atomic E-state index is 0.419. The van der Waals surface area contributed by atoms with Gasteiger partial charge in [-0.15, -0.1) is 0 Å². The van der Waals surface area contributed by atoms with Crippen molar-refractivity contribution in [2.24, 2.45) is 0 Å². The highest BCUT2D eigenvalue weighted by molar-refractivity contribution is 5.72. The maximum absolute atomic E-state index is 10.5. The molecule has 4 heteroatoms. The maximum Gasteiger partial charge on any atom is 0.335 e. The van der Waals surface area contributed by atoms with Crippen LogP contribution in [0, 0.1) is 0 Å². The fourth-order valence-electron chi connectivity index (χ4n) is 1.37. The van der Waals surface area contributed by atoms with E-state index in [1.54, 1.807) is 31.2 Å². The predicted molar refractivity (Wildman–Crippen MR) is 54.5 cm³/mol. The van der Waals surface area contributed by atoms with Crippen molar-refractivity contribution < 1.29 is 20.1 Å². The van der Waals surface area contributed by atoms with Crippen LogP contribution in [0.5, 0.6) is 0 Å². The molecule has 0 saturated carbocycles. The van der Waals surface area contributed by atoms with E-state index in [9.17, 15) is 15.0 Å². The number of carbonyl (C=O) groups is 1. The lowest BCUT2D eigenvalue weighted by molar-refractivity contribution is -0.153. The first kappa shape index (κ1) is 11.7. The summed E-state index contributed by atoms with van der Waals surface area (Å²) in [5.74, 6) is -1.83. The molecule has 0 bridgehead atoms. The molecule has 3 atom stereocenters. The highest BCUT2D eigenvalue weighted by Crippen LogP contribution is 2.20. The summed E-state index contributed by atoms with van der Waals surface area (Å²) in [6.07, 6.45) is -3.05. The zero-order valence-electron chi connectivity index (χ0n) is 8.37. The van der Waals surface area contributed by atoms with Crippen molar-refractivity contribution in [3.8, 4) is 0 Å². The van der Waals surface area contributed by atoms with Gasteiger partial charge in [0, 0.05) is 5.92 Å². The van der Waals surface area contributed by atoms with E-state index in [4.69, 9.17) is 5.11 Å². The van der Waals surface area contributed by atoms with E-state index < -0.39 is 24.1 Å². The van der Waals surface area contributed by atoms with E-state index in [1.807, 2.05) is 6.07 Å². The highest BCUT2D eigenvalue weighted by atomic mass is 16.4. The quantitative estimate of drug-likeness (QED) is 0.680. The van der Waals surface area contributed by atoms with E-state index >= 15 is 0 Å². The normalized spacial score (nSPS) is 16.7. The first-order valence-electron chi connectivity index (χ1n) is 4.68. The molecule has 3 N–H and O–H groups in total. The molecule has 0 fully saturated rings. The Kier molecular flexibility index (Phi) is 3.82. The Morgan fingerprint density at radius 3 is 2.20 bits per heavy atom.